The largest absolute Gasteiger partial charge is 0.444 e. The highest BCUT2D eigenvalue weighted by Crippen LogP contribution is 2.66. The van der Waals surface area contributed by atoms with Crippen molar-refractivity contribution in [2.24, 2.45) is 53.1 Å². The number of likely N-dealkylation sites (N-methyl/N-ethyl adjacent to an activating group) is 4. The molecule has 4 atom stereocenters. The molecule has 0 aromatic heterocycles. The van der Waals surface area contributed by atoms with Crippen LogP contribution >= 0.6 is 55.1 Å². The monoisotopic (exact) mass is 1720 g/mol. The number of nitrogens with one attached hydrogen (secondary N) is 1. The van der Waals surface area contributed by atoms with Gasteiger partial charge in [-0.15, -0.1) is 23.2 Å². The maximum Gasteiger partial charge on any atom is 0.414 e. The van der Waals surface area contributed by atoms with Gasteiger partial charge in [0.05, 0.1) is 5.34 Å². The van der Waals surface area contributed by atoms with E-state index in [4.69, 9.17) is 59.4 Å². The van der Waals surface area contributed by atoms with Gasteiger partial charge >= 0.3 is 6.09 Å². The topological polar surface area (TPSA) is 221 Å². The van der Waals surface area contributed by atoms with E-state index in [0.717, 1.165) is 171 Å². The van der Waals surface area contributed by atoms with E-state index < -0.39 is 33.8 Å². The van der Waals surface area contributed by atoms with Crippen molar-refractivity contribution in [3.05, 3.63) is 280 Å². The van der Waals surface area contributed by atoms with Crippen LogP contribution in [0.5, 0.6) is 0 Å². The number of aliphatic imine (C=N–C) groups is 4. The summed E-state index contributed by atoms with van der Waals surface area (Å²) in [6.07, 6.45) is 18.1. The number of hydrogen-bond donors (Lipinski definition) is 3. The van der Waals surface area contributed by atoms with Gasteiger partial charge < -0.3 is 21.1 Å². The molecule has 4 aliphatic heterocycles. The molecule has 12 aliphatic rings. The Morgan fingerprint density at radius 1 is 0.397 bits per heavy atom. The number of amides is 5. The highest BCUT2D eigenvalue weighted by molar-refractivity contribution is 9.10. The summed E-state index contributed by atoms with van der Waals surface area (Å²) in [6, 6.07) is 63.9. The third-order valence-corrected chi connectivity index (χ3v) is 29.1. The lowest BCUT2D eigenvalue weighted by Gasteiger charge is -2.40. The summed E-state index contributed by atoms with van der Waals surface area (Å²) in [5.41, 5.74) is 27.5. The highest BCUT2D eigenvalue weighted by Gasteiger charge is 2.70. The molecule has 0 fully saturated rings. The van der Waals surface area contributed by atoms with Crippen LogP contribution in [0.2, 0.25) is 0 Å². The molecular weight excluding hydrogens is 1620 g/mol. The molecule has 20 rings (SSSR count). The van der Waals surface area contributed by atoms with Gasteiger partial charge in [0.25, 0.3) is 23.6 Å². The number of fused-ring (bicyclic) bond motifs is 16. The third kappa shape index (κ3) is 12.9. The number of amidine groups is 1. The highest BCUT2D eigenvalue weighted by atomic mass is 79.9. The maximum atomic E-state index is 14.1. The van der Waals surface area contributed by atoms with Crippen molar-refractivity contribution in [2.45, 2.75) is 184 Å². The van der Waals surface area contributed by atoms with Crippen molar-refractivity contribution in [3.8, 4) is 0 Å². The molecule has 0 radical (unpaired) electrons. The number of aryl methyl sites for hydroxylation is 8. The summed E-state index contributed by atoms with van der Waals surface area (Å²) in [5.74, 6) is 1.86. The molecular formula is C95H101Br2Cl2N11O6. The molecule has 8 spiro atoms. The normalized spacial score (nSPS) is 24.4. The Hall–Kier alpha value is -9.27. The van der Waals surface area contributed by atoms with Crippen LogP contribution in [-0.4, -0.2) is 112 Å². The molecule has 5 N–H and O–H groups in total. The summed E-state index contributed by atoms with van der Waals surface area (Å²) >= 11 is 16.7. The second-order valence-corrected chi connectivity index (χ2v) is 37.5. The minimum absolute atomic E-state index is 0.0165. The quantitative estimate of drug-likeness (QED) is 0.124. The third-order valence-electron chi connectivity index (χ3n) is 28.1. The molecule has 8 aromatic carbocycles. The molecule has 8 aliphatic carbocycles. The van der Waals surface area contributed by atoms with Crippen LogP contribution < -0.4 is 16.8 Å². The average Bonchev–Trinajstić information content (AvgIpc) is 1.55. The number of rotatable bonds is 0. The van der Waals surface area contributed by atoms with Gasteiger partial charge in [-0.05, 0) is 269 Å². The molecule has 0 saturated heterocycles. The van der Waals surface area contributed by atoms with Gasteiger partial charge in [0.1, 0.15) is 11.4 Å². The smallest absolute Gasteiger partial charge is 0.414 e. The second kappa shape index (κ2) is 30.6. The Morgan fingerprint density at radius 2 is 0.655 bits per heavy atom. The standard InChI is InChI=1S/C27H30BrN3O3.C23H24N2O.C22H22BrN3O.C22H23N3O.CH2Cl2/c1-25(2,3)34-24(33)29-23-30-27(22(32)31(23)4)21-15-20(28)10-9-19(21)16-26(27)13-11-17-7-5-6-8-18(17)12-14-26;1-16-24-23(21(26)25(16)2)20-10-6-5-9-19(20)15-22(23)13-11-17-7-3-4-8-18(17)12-14-22;1-26-19(27)22(25-20(26)24)18-12-17(23)7-6-16(18)13-21(22)10-8-14-4-2-3-5-15(14)9-11-21;1-25-19(26)22(24-20(25)23)18-9-5-4-8-17(18)14-21(22)12-10-15-6-2-3-7-16(15)11-13-21;2-1-3/h5-10,15H,11-14,16H2,1-4H3,(H,29,30,33);3-10H,11-15H2,1-2H3;2-7,12H,8-11,13H2,1H3,(H2,24,25);2-9H,10-14H2,1H3,(H2,23,24);1H2. The van der Waals surface area contributed by atoms with Crippen LogP contribution in [0.15, 0.2) is 211 Å². The first-order chi connectivity index (χ1) is 55.6. The minimum Gasteiger partial charge on any atom is -0.444 e. The maximum absolute atomic E-state index is 14.1. The summed E-state index contributed by atoms with van der Waals surface area (Å²) in [5, 5.41) is 2.94. The van der Waals surface area contributed by atoms with Gasteiger partial charge in [0.15, 0.2) is 34.1 Å². The Morgan fingerprint density at radius 3 is 0.940 bits per heavy atom. The van der Waals surface area contributed by atoms with E-state index >= 15 is 0 Å². The van der Waals surface area contributed by atoms with Crippen LogP contribution in [0, 0.1) is 21.7 Å². The van der Waals surface area contributed by atoms with Crippen LogP contribution in [0.1, 0.15) is 168 Å². The molecule has 5 amide bonds. The van der Waals surface area contributed by atoms with Crippen molar-refractivity contribution in [2.75, 3.05) is 33.5 Å². The zero-order valence-corrected chi connectivity index (χ0v) is 72.0. The Kier molecular flexibility index (Phi) is 21.2. The van der Waals surface area contributed by atoms with Gasteiger partial charge in [-0.3, -0.25) is 44.2 Å². The molecule has 600 valence electrons. The number of alkyl halides is 2. The van der Waals surface area contributed by atoms with Crippen LogP contribution in [0.3, 0.4) is 0 Å². The number of ether oxygens (including phenoxy) is 1. The van der Waals surface area contributed by atoms with Gasteiger partial charge in [-0.2, -0.15) is 0 Å². The number of benzene rings is 8. The predicted molar refractivity (Wildman–Crippen MR) is 466 cm³/mol. The number of guanidine groups is 3. The van der Waals surface area contributed by atoms with E-state index in [1.54, 1.807) is 30.9 Å². The molecule has 0 bridgehead atoms. The van der Waals surface area contributed by atoms with E-state index in [9.17, 15) is 24.0 Å². The van der Waals surface area contributed by atoms with Crippen molar-refractivity contribution in [1.82, 2.24) is 24.9 Å². The summed E-state index contributed by atoms with van der Waals surface area (Å²) < 4.78 is 7.34. The number of hydrogen-bond acceptors (Lipinski definition) is 12. The molecule has 4 unspecified atom stereocenters. The first kappa shape index (κ1) is 80.5. The van der Waals surface area contributed by atoms with Crippen molar-refractivity contribution < 1.29 is 28.7 Å². The average molecular weight is 1720 g/mol. The Bertz CT molecular complexity index is 5200. The van der Waals surface area contributed by atoms with E-state index in [1.807, 2.05) is 52.9 Å². The van der Waals surface area contributed by atoms with Crippen LogP contribution in [0.25, 0.3) is 0 Å². The van der Waals surface area contributed by atoms with Crippen LogP contribution in [-0.2, 0) is 123 Å². The predicted octanol–water partition coefficient (Wildman–Crippen LogP) is 16.8. The lowest BCUT2D eigenvalue weighted by Crippen LogP contribution is -2.50. The summed E-state index contributed by atoms with van der Waals surface area (Å²) in [4.78, 5) is 93.7. The number of nitrogens with two attached hydrogens (primary N) is 2. The Balaban J connectivity index is 0.000000115. The van der Waals surface area contributed by atoms with Crippen molar-refractivity contribution >= 4 is 108 Å². The fraction of sp³-hybridized carbons (Fsp3) is 0.400. The van der Waals surface area contributed by atoms with E-state index in [0.29, 0.717) is 11.9 Å². The SMILES string of the molecule is CC1=NC2(C(=O)N1C)c1ccccc1CC21CCc2ccccc2CC1.CN1C(=O)C2(N=C1N)c1cc(Br)ccc1CC21CCc2ccccc2CC1.CN1C(=O)C2(N=C1N)c1ccccc1CC21CCc2ccccc2CC1.CN1C(=O)C2(N=C1NC(=O)OC(C)(C)C)c1cc(Br)ccc1CC21CCc2ccccc2CC1.ClCCl. The lowest BCUT2D eigenvalue weighted by molar-refractivity contribution is -0.136. The molecule has 17 nitrogen and oxygen atoms in total. The van der Waals surface area contributed by atoms with Gasteiger partial charge in [0.2, 0.25) is 5.96 Å². The van der Waals surface area contributed by atoms with Crippen molar-refractivity contribution in [3.63, 3.8) is 0 Å². The second-order valence-electron chi connectivity index (χ2n) is 34.9. The number of carbonyl (C=O) groups is 5. The number of alkyl carbamates (subject to hydrolysis) is 1. The number of halogens is 4. The lowest BCUT2D eigenvalue weighted by atomic mass is 9.65. The zero-order chi connectivity index (χ0) is 81.7. The molecule has 0 saturated carbocycles. The Labute approximate surface area is 707 Å². The molecule has 116 heavy (non-hydrogen) atoms. The summed E-state index contributed by atoms with van der Waals surface area (Å²) in [7, 11) is 7.04. The fourth-order valence-corrected chi connectivity index (χ4v) is 23.0. The molecule has 21 heteroatoms. The number of carbonyl (C=O) groups excluding carboxylic acids is 5. The molecule has 4 heterocycles. The van der Waals surface area contributed by atoms with Crippen LogP contribution in [0.4, 0.5) is 4.79 Å². The minimum atomic E-state index is -1.08. The number of nitrogens with zero attached hydrogens (tertiary/aromatic N) is 8. The van der Waals surface area contributed by atoms with Gasteiger partial charge in [0, 0.05) is 58.8 Å². The first-order valence-electron chi connectivity index (χ1n) is 40.7. The van der Waals surface area contributed by atoms with E-state index in [2.05, 4.69) is 201 Å². The van der Waals surface area contributed by atoms with Gasteiger partial charge in [-0.25, -0.2) is 19.8 Å². The zero-order valence-electron chi connectivity index (χ0n) is 67.4. The van der Waals surface area contributed by atoms with E-state index in [1.165, 1.54) is 71.0 Å². The van der Waals surface area contributed by atoms with E-state index in [-0.39, 0.29) is 56.6 Å². The van der Waals surface area contributed by atoms with Crippen molar-refractivity contribution in [1.29, 1.82) is 0 Å². The fourth-order valence-electron chi connectivity index (χ4n) is 22.3. The molecule has 8 aromatic rings. The first-order valence-corrected chi connectivity index (χ1v) is 43.4. The summed E-state index contributed by atoms with van der Waals surface area (Å²) in [6.45, 7) is 7.39. The van der Waals surface area contributed by atoms with Gasteiger partial charge in [-0.1, -0.05) is 190 Å².